The lowest BCUT2D eigenvalue weighted by atomic mass is 10.2. The van der Waals surface area contributed by atoms with Crippen LogP contribution in [-0.2, 0) is 19.0 Å². The molecule has 0 aromatic heterocycles. The van der Waals surface area contributed by atoms with Crippen LogP contribution >= 0.6 is 0 Å². The molecule has 9 heteroatoms. The van der Waals surface area contributed by atoms with Crippen LogP contribution in [0.5, 0.6) is 5.75 Å². The minimum absolute atomic E-state index is 0.132. The van der Waals surface area contributed by atoms with Crippen molar-refractivity contribution < 1.29 is 33.3 Å². The van der Waals surface area contributed by atoms with Crippen molar-refractivity contribution in [2.45, 2.75) is 0 Å². The van der Waals surface area contributed by atoms with Gasteiger partial charge in [0.1, 0.15) is 12.4 Å². The fraction of sp³-hybridized carbons (Fsp3) is 0.250. The minimum atomic E-state index is -0.624. The van der Waals surface area contributed by atoms with Gasteiger partial charge in [-0.05, 0) is 36.4 Å². The first kappa shape index (κ1) is 21.7. The molecule has 0 aliphatic rings. The van der Waals surface area contributed by atoms with Crippen molar-refractivity contribution in [1.82, 2.24) is 0 Å². The van der Waals surface area contributed by atoms with Gasteiger partial charge in [-0.1, -0.05) is 12.1 Å². The first-order valence-electron chi connectivity index (χ1n) is 8.65. The van der Waals surface area contributed by atoms with Crippen LogP contribution in [0.1, 0.15) is 10.4 Å². The second-order valence-corrected chi connectivity index (χ2v) is 5.68. The average molecular weight is 402 g/mol. The lowest BCUT2D eigenvalue weighted by molar-refractivity contribution is -0.142. The molecule has 0 bridgehead atoms. The second-order valence-electron chi connectivity index (χ2n) is 5.68. The molecule has 0 aliphatic heterocycles. The van der Waals surface area contributed by atoms with Gasteiger partial charge >= 0.3 is 12.1 Å². The summed E-state index contributed by atoms with van der Waals surface area (Å²) in [6.07, 6.45) is -0.624. The Balaban J connectivity index is 1.96. The largest absolute Gasteiger partial charge is 0.482 e. The van der Waals surface area contributed by atoms with Crippen molar-refractivity contribution in [3.63, 3.8) is 0 Å². The normalized spacial score (nSPS) is 10.0. The Morgan fingerprint density at radius 1 is 0.897 bits per heavy atom. The van der Waals surface area contributed by atoms with Gasteiger partial charge in [-0.3, -0.25) is 10.1 Å². The lowest BCUT2D eigenvalue weighted by Crippen LogP contribution is -2.17. The summed E-state index contributed by atoms with van der Waals surface area (Å²) in [6, 6.07) is 13.0. The summed E-state index contributed by atoms with van der Waals surface area (Å²) < 4.78 is 19.5. The predicted octanol–water partition coefficient (Wildman–Crippen LogP) is 2.69. The third kappa shape index (κ3) is 7.51. The molecule has 2 aromatic rings. The van der Waals surface area contributed by atoms with Crippen LogP contribution in [0.3, 0.4) is 0 Å². The van der Waals surface area contributed by atoms with Crippen LogP contribution < -0.4 is 15.4 Å². The standard InChI is InChI=1S/C20H22N2O7/c1-26-9-10-28-20(25)22-16-7-4-6-15(12-16)21-19(24)14-5-3-8-17(11-14)29-13-18(23)27-2/h3-8,11-12H,9-10,13H2,1-2H3,(H,21,24)(H,22,25). The van der Waals surface area contributed by atoms with Crippen molar-refractivity contribution in [3.8, 4) is 5.75 Å². The van der Waals surface area contributed by atoms with E-state index < -0.39 is 12.1 Å². The molecule has 0 radical (unpaired) electrons. The molecule has 0 aliphatic carbocycles. The molecule has 2 aromatic carbocycles. The molecule has 2 amide bonds. The quantitative estimate of drug-likeness (QED) is 0.490. The number of benzene rings is 2. The summed E-state index contributed by atoms with van der Waals surface area (Å²) in [5.74, 6) is -0.546. The molecular formula is C20H22N2O7. The maximum atomic E-state index is 12.5. The lowest BCUT2D eigenvalue weighted by Gasteiger charge is -2.10. The Hall–Kier alpha value is -3.59. The molecule has 0 fully saturated rings. The van der Waals surface area contributed by atoms with Gasteiger partial charge in [0.15, 0.2) is 6.61 Å². The van der Waals surface area contributed by atoms with Crippen LogP contribution in [0.4, 0.5) is 16.2 Å². The highest BCUT2D eigenvalue weighted by atomic mass is 16.6. The van der Waals surface area contributed by atoms with E-state index in [-0.39, 0.29) is 19.1 Å². The van der Waals surface area contributed by atoms with E-state index in [0.29, 0.717) is 29.3 Å². The summed E-state index contributed by atoms with van der Waals surface area (Å²) in [4.78, 5) is 35.3. The number of methoxy groups -OCH3 is 2. The molecule has 2 N–H and O–H groups in total. The van der Waals surface area contributed by atoms with E-state index >= 15 is 0 Å². The van der Waals surface area contributed by atoms with Crippen molar-refractivity contribution in [1.29, 1.82) is 0 Å². The molecular weight excluding hydrogens is 380 g/mol. The molecule has 0 saturated carbocycles. The predicted molar refractivity (Wildman–Crippen MR) is 105 cm³/mol. The second kappa shape index (κ2) is 11.3. The highest BCUT2D eigenvalue weighted by Gasteiger charge is 2.10. The third-order valence-electron chi connectivity index (χ3n) is 3.57. The summed E-state index contributed by atoms with van der Waals surface area (Å²) in [5.41, 5.74) is 1.27. The fourth-order valence-corrected chi connectivity index (χ4v) is 2.18. The molecule has 154 valence electrons. The van der Waals surface area contributed by atoms with Crippen LogP contribution in [0.25, 0.3) is 0 Å². The monoisotopic (exact) mass is 402 g/mol. The van der Waals surface area contributed by atoms with E-state index in [9.17, 15) is 14.4 Å². The molecule has 0 heterocycles. The molecule has 2 rings (SSSR count). The zero-order chi connectivity index (χ0) is 21.1. The van der Waals surface area contributed by atoms with Gasteiger partial charge in [0.2, 0.25) is 0 Å². The molecule has 0 unspecified atom stereocenters. The Morgan fingerprint density at radius 2 is 1.62 bits per heavy atom. The summed E-state index contributed by atoms with van der Waals surface area (Å²) in [6.45, 7) is 0.175. The number of amides is 2. The van der Waals surface area contributed by atoms with Gasteiger partial charge in [0.05, 0.1) is 13.7 Å². The van der Waals surface area contributed by atoms with E-state index in [1.54, 1.807) is 42.5 Å². The third-order valence-corrected chi connectivity index (χ3v) is 3.57. The highest BCUT2D eigenvalue weighted by molar-refractivity contribution is 6.04. The molecule has 0 spiro atoms. The number of hydrogen-bond acceptors (Lipinski definition) is 7. The summed E-state index contributed by atoms with van der Waals surface area (Å²) in [5, 5.41) is 5.29. The van der Waals surface area contributed by atoms with Crippen LogP contribution in [0, 0.1) is 0 Å². The van der Waals surface area contributed by atoms with Crippen molar-refractivity contribution in [2.24, 2.45) is 0 Å². The van der Waals surface area contributed by atoms with E-state index in [1.165, 1.54) is 20.3 Å². The van der Waals surface area contributed by atoms with Crippen LogP contribution in [0.15, 0.2) is 48.5 Å². The maximum absolute atomic E-state index is 12.5. The fourth-order valence-electron chi connectivity index (χ4n) is 2.18. The molecule has 0 saturated heterocycles. The number of hydrogen-bond donors (Lipinski definition) is 2. The maximum Gasteiger partial charge on any atom is 0.411 e. The van der Waals surface area contributed by atoms with E-state index in [0.717, 1.165) is 0 Å². The zero-order valence-corrected chi connectivity index (χ0v) is 16.1. The smallest absolute Gasteiger partial charge is 0.411 e. The van der Waals surface area contributed by atoms with Crippen molar-refractivity contribution in [2.75, 3.05) is 44.7 Å². The van der Waals surface area contributed by atoms with E-state index in [1.807, 2.05) is 0 Å². The molecule has 0 atom stereocenters. The van der Waals surface area contributed by atoms with E-state index in [4.69, 9.17) is 14.2 Å². The van der Waals surface area contributed by atoms with Crippen molar-refractivity contribution in [3.05, 3.63) is 54.1 Å². The number of carbonyl (C=O) groups excluding carboxylic acids is 3. The zero-order valence-electron chi connectivity index (χ0n) is 16.1. The number of carbonyl (C=O) groups is 3. The van der Waals surface area contributed by atoms with Gasteiger partial charge in [0.25, 0.3) is 5.91 Å². The topological polar surface area (TPSA) is 112 Å². The Kier molecular flexibility index (Phi) is 8.46. The van der Waals surface area contributed by atoms with Gasteiger partial charge in [-0.2, -0.15) is 0 Å². The molecule has 9 nitrogen and oxygen atoms in total. The Labute approximate surface area is 167 Å². The van der Waals surface area contributed by atoms with Crippen LogP contribution in [0.2, 0.25) is 0 Å². The number of rotatable bonds is 9. The number of nitrogens with one attached hydrogen (secondary N) is 2. The van der Waals surface area contributed by atoms with Gasteiger partial charge < -0.3 is 24.3 Å². The van der Waals surface area contributed by atoms with Crippen LogP contribution in [-0.4, -0.2) is 52.0 Å². The summed E-state index contributed by atoms with van der Waals surface area (Å²) >= 11 is 0. The first-order valence-corrected chi connectivity index (χ1v) is 8.65. The number of esters is 1. The van der Waals surface area contributed by atoms with Gasteiger partial charge in [-0.25, -0.2) is 9.59 Å². The van der Waals surface area contributed by atoms with Crippen molar-refractivity contribution >= 4 is 29.3 Å². The first-order chi connectivity index (χ1) is 14.0. The SMILES string of the molecule is COCCOC(=O)Nc1cccc(NC(=O)c2cccc(OCC(=O)OC)c2)c1. The number of anilines is 2. The van der Waals surface area contributed by atoms with E-state index in [2.05, 4.69) is 15.4 Å². The average Bonchev–Trinajstić information content (AvgIpc) is 2.72. The summed E-state index contributed by atoms with van der Waals surface area (Å²) in [7, 11) is 2.77. The Bertz CT molecular complexity index is 854. The van der Waals surface area contributed by atoms with Gasteiger partial charge in [0, 0.05) is 24.0 Å². The minimum Gasteiger partial charge on any atom is -0.482 e. The Morgan fingerprint density at radius 3 is 2.34 bits per heavy atom. The highest BCUT2D eigenvalue weighted by Crippen LogP contribution is 2.18. The molecule has 29 heavy (non-hydrogen) atoms. The number of ether oxygens (including phenoxy) is 4. The van der Waals surface area contributed by atoms with Gasteiger partial charge in [-0.15, -0.1) is 0 Å².